The maximum atomic E-state index is 13.3. The number of carbonyl (C=O) groups is 4. The first-order valence-electron chi connectivity index (χ1n) is 22.4. The van der Waals surface area contributed by atoms with Gasteiger partial charge in [-0.05, 0) is 69.6 Å². The van der Waals surface area contributed by atoms with Gasteiger partial charge >= 0.3 is 12.2 Å². The van der Waals surface area contributed by atoms with Crippen molar-refractivity contribution in [2.24, 2.45) is 0 Å². The third kappa shape index (κ3) is 18.1. The fourth-order valence-electron chi connectivity index (χ4n) is 7.34. The van der Waals surface area contributed by atoms with Gasteiger partial charge in [0.2, 0.25) is 17.7 Å². The minimum atomic E-state index is -4.44. The number of likely N-dealkylation sites (tertiary alicyclic amines) is 1. The minimum absolute atomic E-state index is 0.00711. The highest BCUT2D eigenvalue weighted by atomic mass is 19.4. The van der Waals surface area contributed by atoms with Crippen LogP contribution in [0, 0.1) is 0 Å². The molecular weight excluding hydrogens is 866 g/mol. The number of alkyl halides is 3. The third-order valence-corrected chi connectivity index (χ3v) is 11.1. The van der Waals surface area contributed by atoms with E-state index >= 15 is 0 Å². The fourth-order valence-corrected chi connectivity index (χ4v) is 7.34. The zero-order valence-corrected chi connectivity index (χ0v) is 37.7. The summed E-state index contributed by atoms with van der Waals surface area (Å²) in [6.45, 7) is 6.19. The number of rotatable bonds is 29. The summed E-state index contributed by atoms with van der Waals surface area (Å²) in [5.74, 6) is -0.456. The molecule has 2 saturated heterocycles. The number of amides is 5. The van der Waals surface area contributed by atoms with E-state index in [4.69, 9.17) is 18.9 Å². The number of urea groups is 1. The van der Waals surface area contributed by atoms with E-state index in [1.165, 1.54) is 18.2 Å². The highest BCUT2D eigenvalue weighted by Gasteiger charge is 2.38. The average molecular weight is 929 g/mol. The van der Waals surface area contributed by atoms with Crippen LogP contribution in [0.1, 0.15) is 62.6 Å². The Morgan fingerprint density at radius 1 is 0.924 bits per heavy atom. The van der Waals surface area contributed by atoms with Gasteiger partial charge in [-0.3, -0.25) is 19.4 Å². The molecule has 0 unspecified atom stereocenters. The predicted molar refractivity (Wildman–Crippen MR) is 237 cm³/mol. The molecule has 1 aromatic carbocycles. The zero-order chi connectivity index (χ0) is 47.2. The lowest BCUT2D eigenvalue weighted by atomic mass is 10.0. The van der Waals surface area contributed by atoms with Crippen molar-refractivity contribution in [3.8, 4) is 11.3 Å². The number of benzene rings is 1. The van der Waals surface area contributed by atoms with E-state index in [-0.39, 0.29) is 68.7 Å². The van der Waals surface area contributed by atoms with Crippen molar-refractivity contribution in [3.05, 3.63) is 78.3 Å². The zero-order valence-electron chi connectivity index (χ0n) is 37.7. The van der Waals surface area contributed by atoms with Crippen LogP contribution in [0.15, 0.2) is 67.1 Å². The quantitative estimate of drug-likeness (QED) is 0.0584. The van der Waals surface area contributed by atoms with Crippen molar-refractivity contribution in [1.82, 2.24) is 51.0 Å². The van der Waals surface area contributed by atoms with Gasteiger partial charge in [0.15, 0.2) is 0 Å². The first-order chi connectivity index (χ1) is 31.9. The number of ether oxygens (including phenoxy) is 4. The first-order valence-corrected chi connectivity index (χ1v) is 22.4. The summed E-state index contributed by atoms with van der Waals surface area (Å²) in [7, 11) is 1.91. The van der Waals surface area contributed by atoms with E-state index in [1.54, 1.807) is 40.3 Å². The first kappa shape index (κ1) is 51.5. The summed E-state index contributed by atoms with van der Waals surface area (Å²) in [6.07, 6.45) is 8.15. The molecule has 2 aliphatic heterocycles. The lowest BCUT2D eigenvalue weighted by Crippen LogP contribution is -2.31. The van der Waals surface area contributed by atoms with Crippen LogP contribution in [0.25, 0.3) is 11.3 Å². The Kier molecular flexibility index (Phi) is 21.2. The third-order valence-electron chi connectivity index (χ3n) is 11.1. The molecule has 0 bridgehead atoms. The Morgan fingerprint density at radius 3 is 2.41 bits per heavy atom. The van der Waals surface area contributed by atoms with E-state index < -0.39 is 23.9 Å². The number of nitrogens with zero attached hydrogens (tertiary/aromatic N) is 6. The summed E-state index contributed by atoms with van der Waals surface area (Å²) < 4.78 is 63.5. The number of hydrogen-bond donors (Lipinski definition) is 4. The standard InChI is InChI=1S/C45H63F3N10O8/c1-33-37(53-44(62)52-33)10-4-3-5-11-41(59)51-19-22-63-23-24-64-25-26-65-32-42(60)50-18-8-21-56(2)20-7-12-43(61)57-29-39(58-28-38(54-55-58)35-9-6-17-49-27-35)40(30-57)66-31-34-13-15-36(16-14-34)45(46,47)48/h6-7,9,12-17,27-28,33,37,39-40H,3-5,8,10-11,18-26,29-32H2,1-2H3,(H,50,60)(H,51,59)(H2,52,53,62)/b12-7+/t33-,37+,39+,40+/m0/s1. The average Bonchev–Trinajstić information content (AvgIpc) is 4.04. The van der Waals surface area contributed by atoms with Crippen molar-refractivity contribution in [3.63, 3.8) is 0 Å². The molecule has 0 spiro atoms. The Bertz CT molecular complexity index is 1970. The van der Waals surface area contributed by atoms with Crippen LogP contribution in [0.3, 0.4) is 0 Å². The predicted octanol–water partition coefficient (Wildman–Crippen LogP) is 3.51. The molecule has 0 aliphatic carbocycles. The number of carbonyl (C=O) groups excluding carboxylic acids is 4. The van der Waals surface area contributed by atoms with Crippen molar-refractivity contribution >= 4 is 23.8 Å². The Labute approximate surface area is 383 Å². The molecule has 2 fully saturated rings. The molecule has 0 saturated carbocycles. The number of pyridine rings is 1. The van der Waals surface area contributed by atoms with Crippen molar-refractivity contribution in [2.45, 2.75) is 82.5 Å². The molecule has 3 aromatic rings. The topological polar surface area (TPSA) is 203 Å². The van der Waals surface area contributed by atoms with Gasteiger partial charge in [-0.25, -0.2) is 9.48 Å². The largest absolute Gasteiger partial charge is 0.416 e. The van der Waals surface area contributed by atoms with Gasteiger partial charge in [0.05, 0.1) is 69.6 Å². The molecule has 21 heteroatoms. The fraction of sp³-hybridized carbons (Fsp3) is 0.578. The van der Waals surface area contributed by atoms with Gasteiger partial charge in [0, 0.05) is 69.2 Å². The molecule has 0 radical (unpaired) electrons. The van der Waals surface area contributed by atoms with Crippen molar-refractivity contribution in [1.29, 1.82) is 0 Å². The molecule has 4 atom stereocenters. The second-order valence-electron chi connectivity index (χ2n) is 16.3. The van der Waals surface area contributed by atoms with E-state index in [2.05, 4.69) is 36.6 Å². The molecule has 66 heavy (non-hydrogen) atoms. The molecule has 4 heterocycles. The molecule has 2 aliphatic rings. The number of likely N-dealkylation sites (N-methyl/N-ethyl adjacent to an activating group) is 1. The Morgan fingerprint density at radius 2 is 1.68 bits per heavy atom. The van der Waals surface area contributed by atoms with Crippen LogP contribution in [-0.2, 0) is 46.1 Å². The lowest BCUT2D eigenvalue weighted by Gasteiger charge is -2.19. The summed E-state index contributed by atoms with van der Waals surface area (Å²) >= 11 is 0. The van der Waals surface area contributed by atoms with Gasteiger partial charge in [-0.1, -0.05) is 36.3 Å². The van der Waals surface area contributed by atoms with Gasteiger partial charge in [0.25, 0.3) is 0 Å². The molecule has 4 N–H and O–H groups in total. The Hall–Kier alpha value is -5.48. The Balaban J connectivity index is 0.877. The van der Waals surface area contributed by atoms with E-state index in [0.717, 1.165) is 43.4 Å². The van der Waals surface area contributed by atoms with Gasteiger partial charge in [-0.2, -0.15) is 13.2 Å². The highest BCUT2D eigenvalue weighted by molar-refractivity contribution is 5.88. The molecule has 5 amide bonds. The van der Waals surface area contributed by atoms with E-state index in [0.29, 0.717) is 76.7 Å². The van der Waals surface area contributed by atoms with Gasteiger partial charge in [0.1, 0.15) is 12.3 Å². The smallest absolute Gasteiger partial charge is 0.377 e. The summed E-state index contributed by atoms with van der Waals surface area (Å²) in [6, 6.07) is 8.22. The maximum absolute atomic E-state index is 13.3. The number of aromatic nitrogens is 4. The van der Waals surface area contributed by atoms with Crippen LogP contribution in [-0.4, -0.2) is 158 Å². The van der Waals surface area contributed by atoms with Crippen LogP contribution in [0.4, 0.5) is 18.0 Å². The second-order valence-corrected chi connectivity index (χ2v) is 16.3. The number of halogens is 3. The van der Waals surface area contributed by atoms with Gasteiger partial charge in [-0.15, -0.1) is 5.10 Å². The summed E-state index contributed by atoms with van der Waals surface area (Å²) in [4.78, 5) is 56.7. The van der Waals surface area contributed by atoms with Crippen molar-refractivity contribution < 1.29 is 51.3 Å². The van der Waals surface area contributed by atoms with Crippen LogP contribution in [0.5, 0.6) is 0 Å². The highest BCUT2D eigenvalue weighted by Crippen LogP contribution is 2.30. The number of unbranched alkanes of at least 4 members (excludes halogenated alkanes) is 2. The molecular formula is C45H63F3N10O8. The minimum Gasteiger partial charge on any atom is -0.377 e. The number of hydrogen-bond acceptors (Lipinski definition) is 12. The summed E-state index contributed by atoms with van der Waals surface area (Å²) in [5, 5.41) is 20.0. The van der Waals surface area contributed by atoms with E-state index in [1.807, 2.05) is 24.9 Å². The number of nitrogens with one attached hydrogen (secondary N) is 4. The normalized spacial score (nSPS) is 18.5. The maximum Gasteiger partial charge on any atom is 0.416 e. The van der Waals surface area contributed by atoms with Crippen LogP contribution >= 0.6 is 0 Å². The van der Waals surface area contributed by atoms with E-state index in [9.17, 15) is 32.3 Å². The lowest BCUT2D eigenvalue weighted by molar-refractivity contribution is -0.137. The van der Waals surface area contributed by atoms with Gasteiger partial charge < -0.3 is 50.0 Å². The second kappa shape index (κ2) is 27.2. The molecule has 18 nitrogen and oxygen atoms in total. The molecule has 362 valence electrons. The monoisotopic (exact) mass is 928 g/mol. The van der Waals surface area contributed by atoms with Crippen LogP contribution in [0.2, 0.25) is 0 Å². The van der Waals surface area contributed by atoms with Crippen molar-refractivity contribution in [2.75, 3.05) is 86.0 Å². The summed E-state index contributed by atoms with van der Waals surface area (Å²) in [5.41, 5.74) is 1.20. The SMILES string of the molecule is C[C@@H]1NC(=O)N[C@@H]1CCCCCC(=O)NCCOCCOCCOCC(=O)NCCCN(C)C/C=C/C(=O)N1C[C@@H](n2cc(-c3cccnc3)nn2)[C@H](OCc2ccc(C(F)(F)F)cc2)C1. The van der Waals surface area contributed by atoms with Crippen LogP contribution < -0.4 is 21.3 Å². The molecule has 2 aromatic heterocycles. The molecule has 5 rings (SSSR count).